The van der Waals surface area contributed by atoms with Crippen molar-refractivity contribution in [1.29, 1.82) is 0 Å². The summed E-state index contributed by atoms with van der Waals surface area (Å²) < 4.78 is 21.6. The zero-order chi connectivity index (χ0) is 20.5. The second-order valence-corrected chi connectivity index (χ2v) is 6.93. The average molecular weight is 409 g/mol. The minimum Gasteiger partial charge on any atom is -0.480 e. The smallest absolute Gasteiger partial charge is 0.272 e. The van der Waals surface area contributed by atoms with E-state index >= 15 is 0 Å². The van der Waals surface area contributed by atoms with Gasteiger partial charge in [-0.2, -0.15) is 5.10 Å². The zero-order valence-corrected chi connectivity index (χ0v) is 16.2. The normalized spacial score (nSPS) is 17.2. The molecule has 30 heavy (non-hydrogen) atoms. The van der Waals surface area contributed by atoms with Crippen LogP contribution in [-0.2, 0) is 0 Å². The molecule has 1 unspecified atom stereocenters. The number of aromatic amines is 1. The predicted molar refractivity (Wildman–Crippen MR) is 104 cm³/mol. The second-order valence-electron chi connectivity index (χ2n) is 6.93. The Hall–Kier alpha value is -3.82. The van der Waals surface area contributed by atoms with Crippen molar-refractivity contribution in [2.45, 2.75) is 12.5 Å². The van der Waals surface area contributed by atoms with E-state index in [1.165, 1.54) is 7.11 Å². The van der Waals surface area contributed by atoms with Gasteiger partial charge in [0, 0.05) is 30.7 Å². The van der Waals surface area contributed by atoms with Crippen LogP contribution in [0.25, 0.3) is 11.3 Å². The molecule has 2 aliphatic heterocycles. The van der Waals surface area contributed by atoms with E-state index in [0.717, 1.165) is 5.56 Å². The first-order valence-corrected chi connectivity index (χ1v) is 9.48. The highest BCUT2D eigenvalue weighted by atomic mass is 16.7. The van der Waals surface area contributed by atoms with Crippen LogP contribution in [0.4, 0.5) is 0 Å². The molecule has 0 radical (unpaired) electrons. The molecule has 5 rings (SSSR count). The molecule has 0 bridgehead atoms. The summed E-state index contributed by atoms with van der Waals surface area (Å²) in [6.07, 6.45) is 0.565. The molecule has 2 aliphatic rings. The average Bonchev–Trinajstić information content (AvgIpc) is 3.53. The molecular weight excluding hydrogens is 390 g/mol. The first-order valence-electron chi connectivity index (χ1n) is 9.48. The van der Waals surface area contributed by atoms with Gasteiger partial charge in [-0.05, 0) is 24.3 Å². The van der Waals surface area contributed by atoms with Crippen molar-refractivity contribution < 1.29 is 23.7 Å². The lowest BCUT2D eigenvalue weighted by atomic mass is 10.1. The van der Waals surface area contributed by atoms with E-state index in [0.29, 0.717) is 54.2 Å². The summed E-state index contributed by atoms with van der Waals surface area (Å²) in [5.74, 6) is 2.08. The number of nitrogens with one attached hydrogen (secondary N) is 1. The number of nitrogens with zero attached hydrogens (tertiary/aromatic N) is 4. The molecule has 0 aliphatic carbocycles. The van der Waals surface area contributed by atoms with Gasteiger partial charge in [-0.25, -0.2) is 0 Å². The molecule has 4 heterocycles. The third-order valence-corrected chi connectivity index (χ3v) is 5.02. The van der Waals surface area contributed by atoms with Crippen molar-refractivity contribution in [1.82, 2.24) is 25.3 Å². The maximum atomic E-state index is 12.9. The van der Waals surface area contributed by atoms with Crippen molar-refractivity contribution in [2.75, 3.05) is 27.0 Å². The number of carbonyl (C=O) groups is 1. The Balaban J connectivity index is 1.23. The number of rotatable bonds is 5. The first-order chi connectivity index (χ1) is 14.7. The summed E-state index contributed by atoms with van der Waals surface area (Å²) in [6.45, 7) is 1.26. The number of carbonyl (C=O) groups excluding carboxylic acids is 1. The number of methoxy groups -OCH3 is 1. The molecule has 1 N–H and O–H groups in total. The van der Waals surface area contributed by atoms with Gasteiger partial charge in [-0.1, -0.05) is 0 Å². The van der Waals surface area contributed by atoms with Crippen molar-refractivity contribution in [2.24, 2.45) is 0 Å². The topological polar surface area (TPSA) is 112 Å². The second kappa shape index (κ2) is 7.54. The monoisotopic (exact) mass is 409 g/mol. The largest absolute Gasteiger partial charge is 0.480 e. The zero-order valence-electron chi connectivity index (χ0n) is 16.2. The lowest BCUT2D eigenvalue weighted by molar-refractivity contribution is 0.0765. The summed E-state index contributed by atoms with van der Waals surface area (Å²) in [7, 11) is 1.53. The van der Waals surface area contributed by atoms with E-state index < -0.39 is 0 Å². The standard InChI is InChI=1S/C20H19N5O5/c1-27-18-4-5-19(24-23-18)30-13-6-7-25(10-13)20(26)15-9-14(21-22-15)12-2-3-16-17(8-12)29-11-28-16/h2-5,8-9,13H,6-7,10-11H2,1H3,(H,21,22). The SMILES string of the molecule is COc1ccc(OC2CCN(C(=O)c3cc(-c4ccc5c(c4)OCO5)n[nH]3)C2)nn1. The number of ether oxygens (including phenoxy) is 4. The maximum absolute atomic E-state index is 12.9. The molecule has 0 spiro atoms. The third-order valence-electron chi connectivity index (χ3n) is 5.02. The summed E-state index contributed by atoms with van der Waals surface area (Å²) >= 11 is 0. The van der Waals surface area contributed by atoms with E-state index in [-0.39, 0.29) is 18.8 Å². The van der Waals surface area contributed by atoms with Gasteiger partial charge >= 0.3 is 0 Å². The van der Waals surface area contributed by atoms with Crippen LogP contribution in [0, 0.1) is 0 Å². The highest BCUT2D eigenvalue weighted by Gasteiger charge is 2.29. The van der Waals surface area contributed by atoms with E-state index in [1.807, 2.05) is 18.2 Å². The molecule has 2 aromatic heterocycles. The molecule has 1 fully saturated rings. The molecule has 1 aromatic carbocycles. The molecule has 3 aromatic rings. The number of hydrogen-bond acceptors (Lipinski definition) is 8. The first kappa shape index (κ1) is 18.2. The maximum Gasteiger partial charge on any atom is 0.272 e. The highest BCUT2D eigenvalue weighted by molar-refractivity contribution is 5.93. The molecule has 154 valence electrons. The number of hydrogen-bond donors (Lipinski definition) is 1. The van der Waals surface area contributed by atoms with Crippen molar-refractivity contribution in [3.8, 4) is 34.5 Å². The number of amides is 1. The summed E-state index contributed by atoms with van der Waals surface area (Å²) in [6, 6.07) is 10.7. The van der Waals surface area contributed by atoms with Crippen molar-refractivity contribution in [3.05, 3.63) is 42.1 Å². The molecule has 10 heteroatoms. The van der Waals surface area contributed by atoms with Crippen LogP contribution < -0.4 is 18.9 Å². The van der Waals surface area contributed by atoms with Gasteiger partial charge in [-0.3, -0.25) is 9.89 Å². The van der Waals surface area contributed by atoms with E-state index in [1.54, 1.807) is 23.1 Å². The third kappa shape index (κ3) is 3.47. The Kier molecular flexibility index (Phi) is 4.58. The van der Waals surface area contributed by atoms with Gasteiger partial charge in [-0.15, -0.1) is 10.2 Å². The van der Waals surface area contributed by atoms with Gasteiger partial charge in [0.25, 0.3) is 5.91 Å². The van der Waals surface area contributed by atoms with E-state index in [2.05, 4.69) is 20.4 Å². The van der Waals surface area contributed by atoms with Crippen LogP contribution in [0.5, 0.6) is 23.3 Å². The minimum absolute atomic E-state index is 0.124. The Morgan fingerprint density at radius 2 is 1.97 bits per heavy atom. The fraction of sp³-hybridized carbons (Fsp3) is 0.300. The van der Waals surface area contributed by atoms with Gasteiger partial charge < -0.3 is 23.8 Å². The van der Waals surface area contributed by atoms with Crippen molar-refractivity contribution >= 4 is 5.91 Å². The van der Waals surface area contributed by atoms with Crippen LogP contribution in [-0.4, -0.2) is 64.3 Å². The number of fused-ring (bicyclic) bond motifs is 1. The number of likely N-dealkylation sites (tertiary alicyclic amines) is 1. The molecule has 10 nitrogen and oxygen atoms in total. The highest BCUT2D eigenvalue weighted by Crippen LogP contribution is 2.35. The summed E-state index contributed by atoms with van der Waals surface area (Å²) in [4.78, 5) is 14.6. The van der Waals surface area contributed by atoms with Crippen LogP contribution in [0.1, 0.15) is 16.9 Å². The van der Waals surface area contributed by atoms with Gasteiger partial charge in [0.15, 0.2) is 11.5 Å². The van der Waals surface area contributed by atoms with E-state index in [9.17, 15) is 4.79 Å². The van der Waals surface area contributed by atoms with Crippen LogP contribution in [0.3, 0.4) is 0 Å². The van der Waals surface area contributed by atoms with Gasteiger partial charge in [0.1, 0.15) is 11.8 Å². The summed E-state index contributed by atoms with van der Waals surface area (Å²) in [5, 5.41) is 15.0. The fourth-order valence-corrected chi connectivity index (χ4v) is 3.46. The Bertz CT molecular complexity index is 1070. The lowest BCUT2D eigenvalue weighted by Gasteiger charge is -2.15. The predicted octanol–water partition coefficient (Wildman–Crippen LogP) is 1.90. The number of H-pyrrole nitrogens is 1. The van der Waals surface area contributed by atoms with Gasteiger partial charge in [0.2, 0.25) is 18.6 Å². The molecule has 1 amide bonds. The van der Waals surface area contributed by atoms with Crippen molar-refractivity contribution in [3.63, 3.8) is 0 Å². The fourth-order valence-electron chi connectivity index (χ4n) is 3.46. The van der Waals surface area contributed by atoms with Gasteiger partial charge in [0.05, 0.1) is 19.3 Å². The Morgan fingerprint density at radius 3 is 2.80 bits per heavy atom. The number of benzene rings is 1. The Morgan fingerprint density at radius 1 is 1.13 bits per heavy atom. The van der Waals surface area contributed by atoms with Crippen LogP contribution in [0.2, 0.25) is 0 Å². The van der Waals surface area contributed by atoms with Crippen LogP contribution >= 0.6 is 0 Å². The molecule has 1 atom stereocenters. The minimum atomic E-state index is -0.145. The quantitative estimate of drug-likeness (QED) is 0.680. The lowest BCUT2D eigenvalue weighted by Crippen LogP contribution is -2.31. The number of aromatic nitrogens is 4. The molecule has 0 saturated carbocycles. The van der Waals surface area contributed by atoms with E-state index in [4.69, 9.17) is 18.9 Å². The Labute approximate surface area is 171 Å². The molecular formula is C20H19N5O5. The molecule has 1 saturated heterocycles. The van der Waals surface area contributed by atoms with Crippen LogP contribution in [0.15, 0.2) is 36.4 Å². The summed E-state index contributed by atoms with van der Waals surface area (Å²) in [5.41, 5.74) is 1.93.